The summed E-state index contributed by atoms with van der Waals surface area (Å²) in [6.45, 7) is 4.99. The molecule has 1 unspecified atom stereocenters. The fourth-order valence-corrected chi connectivity index (χ4v) is 5.18. The molecule has 3 atom stereocenters. The van der Waals surface area contributed by atoms with Crippen molar-refractivity contribution in [2.45, 2.75) is 50.5 Å². The van der Waals surface area contributed by atoms with Gasteiger partial charge in [-0.25, -0.2) is 9.97 Å². The summed E-state index contributed by atoms with van der Waals surface area (Å²) in [7, 11) is -4.16. The molecule has 160 valence electrons. The molecule has 1 saturated heterocycles. The van der Waals surface area contributed by atoms with Gasteiger partial charge in [-0.1, -0.05) is 17.7 Å². The minimum atomic E-state index is -4.16. The van der Waals surface area contributed by atoms with Crippen LogP contribution in [0.4, 0.5) is 0 Å². The SMILES string of the molecule is Cc1cc(C)c(S(=O)(=O)Oc2ncnc3c2ncn3[C@H]2CC(O)[C@@H](CO)O2)c(C)c1. The molecular formula is C19H22N4O6S. The number of rotatable bonds is 5. The van der Waals surface area contributed by atoms with E-state index in [-0.39, 0.29) is 29.3 Å². The van der Waals surface area contributed by atoms with Crippen LogP contribution in [0, 0.1) is 20.8 Å². The second-order valence-electron chi connectivity index (χ2n) is 7.38. The first-order valence-corrected chi connectivity index (χ1v) is 10.8. The van der Waals surface area contributed by atoms with Crippen molar-refractivity contribution in [3.8, 4) is 5.88 Å². The summed E-state index contributed by atoms with van der Waals surface area (Å²) in [5.41, 5.74) is 2.54. The van der Waals surface area contributed by atoms with E-state index in [0.717, 1.165) is 5.56 Å². The first-order chi connectivity index (χ1) is 14.2. The number of aromatic nitrogens is 4. The molecule has 2 N–H and O–H groups in total. The zero-order valence-corrected chi connectivity index (χ0v) is 17.5. The number of ether oxygens (including phenoxy) is 1. The lowest BCUT2D eigenvalue weighted by molar-refractivity contribution is -0.0432. The van der Waals surface area contributed by atoms with Gasteiger partial charge in [-0.15, -0.1) is 0 Å². The number of fused-ring (bicyclic) bond motifs is 1. The average Bonchev–Trinajstić information content (AvgIpc) is 3.24. The van der Waals surface area contributed by atoms with Crippen LogP contribution in [-0.4, -0.2) is 57.0 Å². The third kappa shape index (κ3) is 3.54. The van der Waals surface area contributed by atoms with Crippen molar-refractivity contribution in [3.63, 3.8) is 0 Å². The van der Waals surface area contributed by atoms with E-state index in [4.69, 9.17) is 8.92 Å². The van der Waals surface area contributed by atoms with Gasteiger partial charge in [0.2, 0.25) is 0 Å². The molecule has 11 heteroatoms. The van der Waals surface area contributed by atoms with Crippen molar-refractivity contribution in [2.75, 3.05) is 6.61 Å². The van der Waals surface area contributed by atoms with Crippen molar-refractivity contribution in [3.05, 3.63) is 41.5 Å². The summed E-state index contributed by atoms with van der Waals surface area (Å²) in [5, 5.41) is 19.3. The Bertz CT molecular complexity index is 1190. The molecule has 4 rings (SSSR count). The zero-order chi connectivity index (χ0) is 21.6. The second-order valence-corrected chi connectivity index (χ2v) is 8.87. The molecule has 1 aromatic carbocycles. The van der Waals surface area contributed by atoms with Crippen LogP contribution in [0.2, 0.25) is 0 Å². The Labute approximate surface area is 173 Å². The Morgan fingerprint density at radius 2 is 1.90 bits per heavy atom. The summed E-state index contributed by atoms with van der Waals surface area (Å²) in [4.78, 5) is 12.4. The van der Waals surface area contributed by atoms with Gasteiger partial charge in [0.15, 0.2) is 11.2 Å². The number of aliphatic hydroxyl groups is 2. The fraction of sp³-hybridized carbons (Fsp3) is 0.421. The van der Waals surface area contributed by atoms with E-state index >= 15 is 0 Å². The van der Waals surface area contributed by atoms with Crippen LogP contribution in [0.25, 0.3) is 11.2 Å². The van der Waals surface area contributed by atoms with Crippen molar-refractivity contribution < 1.29 is 27.6 Å². The van der Waals surface area contributed by atoms with E-state index in [0.29, 0.717) is 16.8 Å². The number of aryl methyl sites for hydroxylation is 3. The van der Waals surface area contributed by atoms with Gasteiger partial charge in [-0.3, -0.25) is 4.57 Å². The summed E-state index contributed by atoms with van der Waals surface area (Å²) in [6, 6.07) is 3.54. The van der Waals surface area contributed by atoms with E-state index in [1.807, 2.05) is 6.92 Å². The second kappa shape index (κ2) is 7.58. The Kier molecular flexibility index (Phi) is 5.22. The van der Waals surface area contributed by atoms with Gasteiger partial charge in [-0.05, 0) is 31.9 Å². The standard InChI is InChI=1S/C19H22N4O6S/c1-10-4-11(2)17(12(3)5-10)30(26,27)29-19-16-18(20-8-21-19)23(9-22-16)15-6-13(25)14(7-24)28-15/h4-5,8-9,13-15,24-25H,6-7H2,1-3H3/t13?,14-,15-/m1/s1. The molecule has 0 amide bonds. The van der Waals surface area contributed by atoms with Gasteiger partial charge in [0, 0.05) is 6.42 Å². The first-order valence-electron chi connectivity index (χ1n) is 9.35. The van der Waals surface area contributed by atoms with Crippen LogP contribution in [0.15, 0.2) is 29.7 Å². The van der Waals surface area contributed by atoms with Crippen LogP contribution in [0.3, 0.4) is 0 Å². The number of hydrogen-bond acceptors (Lipinski definition) is 9. The molecule has 3 aromatic rings. The number of hydrogen-bond donors (Lipinski definition) is 2. The van der Waals surface area contributed by atoms with Gasteiger partial charge in [0.05, 0.1) is 19.0 Å². The molecule has 0 spiro atoms. The van der Waals surface area contributed by atoms with E-state index < -0.39 is 28.6 Å². The molecule has 1 aliphatic heterocycles. The van der Waals surface area contributed by atoms with Crippen LogP contribution in [0.5, 0.6) is 5.88 Å². The van der Waals surface area contributed by atoms with Crippen molar-refractivity contribution in [1.29, 1.82) is 0 Å². The quantitative estimate of drug-likeness (QED) is 0.567. The number of nitrogens with zero attached hydrogens (tertiary/aromatic N) is 4. The third-order valence-electron chi connectivity index (χ3n) is 5.06. The van der Waals surface area contributed by atoms with Gasteiger partial charge in [-0.2, -0.15) is 13.4 Å². The maximum atomic E-state index is 13.0. The van der Waals surface area contributed by atoms with Crippen LogP contribution in [-0.2, 0) is 14.9 Å². The maximum Gasteiger partial charge on any atom is 0.341 e. The minimum absolute atomic E-state index is 0.0901. The van der Waals surface area contributed by atoms with Crippen molar-refractivity contribution in [2.24, 2.45) is 0 Å². The van der Waals surface area contributed by atoms with Gasteiger partial charge in [0.1, 0.15) is 23.6 Å². The lowest BCUT2D eigenvalue weighted by Gasteiger charge is -2.14. The maximum absolute atomic E-state index is 13.0. The lowest BCUT2D eigenvalue weighted by atomic mass is 10.1. The van der Waals surface area contributed by atoms with Crippen molar-refractivity contribution >= 4 is 21.3 Å². The third-order valence-corrected chi connectivity index (χ3v) is 6.58. The van der Waals surface area contributed by atoms with E-state index in [2.05, 4.69) is 15.0 Å². The highest BCUT2D eigenvalue weighted by atomic mass is 32.2. The van der Waals surface area contributed by atoms with Crippen molar-refractivity contribution in [1.82, 2.24) is 19.5 Å². The molecule has 1 fully saturated rings. The van der Waals surface area contributed by atoms with Crippen LogP contribution < -0.4 is 4.18 Å². The van der Waals surface area contributed by atoms with E-state index in [9.17, 15) is 18.6 Å². The Morgan fingerprint density at radius 1 is 1.20 bits per heavy atom. The van der Waals surface area contributed by atoms with Gasteiger partial charge < -0.3 is 19.1 Å². The molecule has 1 aliphatic rings. The Hall–Kier alpha value is -2.60. The topological polar surface area (TPSA) is 137 Å². The van der Waals surface area contributed by atoms with E-state index in [1.165, 1.54) is 12.7 Å². The van der Waals surface area contributed by atoms with Gasteiger partial charge >= 0.3 is 10.1 Å². The van der Waals surface area contributed by atoms with Gasteiger partial charge in [0.25, 0.3) is 5.88 Å². The molecule has 0 aliphatic carbocycles. The summed E-state index contributed by atoms with van der Waals surface area (Å²) >= 11 is 0. The Morgan fingerprint density at radius 3 is 2.53 bits per heavy atom. The predicted octanol–water partition coefficient (Wildman–Crippen LogP) is 1.16. The minimum Gasteiger partial charge on any atom is -0.394 e. The molecule has 0 saturated carbocycles. The molecule has 0 radical (unpaired) electrons. The van der Waals surface area contributed by atoms with E-state index in [1.54, 1.807) is 30.5 Å². The molecule has 2 aromatic heterocycles. The molecule has 3 heterocycles. The Balaban J connectivity index is 1.71. The number of imidazole rings is 1. The number of aliphatic hydroxyl groups excluding tert-OH is 2. The normalized spacial score (nSPS) is 22.0. The smallest absolute Gasteiger partial charge is 0.341 e. The summed E-state index contributed by atoms with van der Waals surface area (Å²) in [5.74, 6) is -0.199. The van der Waals surface area contributed by atoms with Crippen LogP contribution in [0.1, 0.15) is 29.3 Å². The lowest BCUT2D eigenvalue weighted by Crippen LogP contribution is -2.24. The molecule has 30 heavy (non-hydrogen) atoms. The largest absolute Gasteiger partial charge is 0.394 e. The summed E-state index contributed by atoms with van der Waals surface area (Å²) in [6.07, 6.45) is 0.675. The molecular weight excluding hydrogens is 412 g/mol. The fourth-order valence-electron chi connectivity index (χ4n) is 3.86. The number of benzene rings is 1. The van der Waals surface area contributed by atoms with Crippen LogP contribution >= 0.6 is 0 Å². The summed E-state index contributed by atoms with van der Waals surface area (Å²) < 4.78 is 38.5. The predicted molar refractivity (Wildman–Crippen MR) is 105 cm³/mol. The highest BCUT2D eigenvalue weighted by Crippen LogP contribution is 2.33. The average molecular weight is 434 g/mol. The highest BCUT2D eigenvalue weighted by Gasteiger charge is 2.35. The highest BCUT2D eigenvalue weighted by molar-refractivity contribution is 7.87. The molecule has 10 nitrogen and oxygen atoms in total. The molecule has 0 bridgehead atoms. The monoisotopic (exact) mass is 434 g/mol. The zero-order valence-electron chi connectivity index (χ0n) is 16.7. The first kappa shape index (κ1) is 20.7.